The molecule has 0 bridgehead atoms. The number of rotatable bonds is 12. The summed E-state index contributed by atoms with van der Waals surface area (Å²) in [5, 5.41) is 14.8. The van der Waals surface area contributed by atoms with Gasteiger partial charge in [0.25, 0.3) is 5.89 Å². The summed E-state index contributed by atoms with van der Waals surface area (Å²) in [6, 6.07) is 7.92. The number of benzene rings is 1. The van der Waals surface area contributed by atoms with Crippen LogP contribution in [0.2, 0.25) is 0 Å². The van der Waals surface area contributed by atoms with Gasteiger partial charge in [0, 0.05) is 49.5 Å². The molecular formula is C29H39N5O5. The first-order valence-corrected chi connectivity index (χ1v) is 13.6. The van der Waals surface area contributed by atoms with E-state index < -0.39 is 6.10 Å². The number of hydrogen-bond donors (Lipinski definition) is 1. The van der Waals surface area contributed by atoms with Crippen molar-refractivity contribution in [1.82, 2.24) is 20.0 Å². The van der Waals surface area contributed by atoms with Gasteiger partial charge in [0.05, 0.1) is 13.0 Å². The lowest BCUT2D eigenvalue weighted by molar-refractivity contribution is -0.152. The molecule has 1 fully saturated rings. The van der Waals surface area contributed by atoms with Gasteiger partial charge in [-0.3, -0.25) is 9.69 Å². The van der Waals surface area contributed by atoms with Crippen LogP contribution in [0, 0.1) is 19.8 Å². The van der Waals surface area contributed by atoms with E-state index >= 15 is 0 Å². The number of anilines is 1. The average Bonchev–Trinajstić information content (AvgIpc) is 3.40. The zero-order valence-electron chi connectivity index (χ0n) is 23.7. The van der Waals surface area contributed by atoms with Gasteiger partial charge in [0.15, 0.2) is 0 Å². The number of hydrogen-bond acceptors (Lipinski definition) is 10. The van der Waals surface area contributed by atoms with Crippen LogP contribution in [0.25, 0.3) is 22.8 Å². The molecule has 1 atom stereocenters. The van der Waals surface area contributed by atoms with Gasteiger partial charge in [-0.15, -0.1) is 0 Å². The van der Waals surface area contributed by atoms with Crippen molar-refractivity contribution in [2.45, 2.75) is 47.1 Å². The van der Waals surface area contributed by atoms with Crippen LogP contribution >= 0.6 is 0 Å². The van der Waals surface area contributed by atoms with Crippen LogP contribution in [-0.2, 0) is 16.0 Å². The number of methoxy groups -OCH3 is 1. The molecule has 39 heavy (non-hydrogen) atoms. The molecule has 1 saturated heterocycles. The highest BCUT2D eigenvalue weighted by molar-refractivity contribution is 5.73. The summed E-state index contributed by atoms with van der Waals surface area (Å²) in [4.78, 5) is 25.1. The number of carbonyl (C=O) groups is 1. The predicted octanol–water partition coefficient (Wildman–Crippen LogP) is 3.67. The Balaban J connectivity index is 1.45. The Labute approximate surface area is 229 Å². The van der Waals surface area contributed by atoms with E-state index in [0.29, 0.717) is 31.3 Å². The van der Waals surface area contributed by atoms with Gasteiger partial charge in [0.1, 0.15) is 24.3 Å². The summed E-state index contributed by atoms with van der Waals surface area (Å²) < 4.78 is 16.5. The predicted molar refractivity (Wildman–Crippen MR) is 149 cm³/mol. The zero-order chi connectivity index (χ0) is 28.1. The second-order valence-corrected chi connectivity index (χ2v) is 9.99. The van der Waals surface area contributed by atoms with E-state index in [-0.39, 0.29) is 18.5 Å². The van der Waals surface area contributed by atoms with Gasteiger partial charge in [-0.1, -0.05) is 12.1 Å². The van der Waals surface area contributed by atoms with E-state index in [1.54, 1.807) is 0 Å². The average molecular weight is 538 g/mol. The van der Waals surface area contributed by atoms with Crippen molar-refractivity contribution in [2.75, 3.05) is 51.3 Å². The molecule has 0 spiro atoms. The Kier molecular flexibility index (Phi) is 9.19. The third-order valence-corrected chi connectivity index (χ3v) is 7.07. The van der Waals surface area contributed by atoms with Crippen molar-refractivity contribution >= 4 is 11.8 Å². The minimum atomic E-state index is -0.669. The molecule has 0 radical (unpaired) electrons. The van der Waals surface area contributed by atoms with Crippen LogP contribution in [-0.4, -0.2) is 83.6 Å². The topological polar surface area (TPSA) is 114 Å². The summed E-state index contributed by atoms with van der Waals surface area (Å²) >= 11 is 0. The number of aryl methyl sites for hydroxylation is 3. The fraction of sp³-hybridized carbons (Fsp3) is 0.517. The number of carbonyl (C=O) groups excluding carboxylic acids is 1. The first-order chi connectivity index (χ1) is 18.8. The van der Waals surface area contributed by atoms with Crippen LogP contribution < -0.4 is 9.64 Å². The number of aliphatic hydroxyl groups excluding tert-OH is 1. The summed E-state index contributed by atoms with van der Waals surface area (Å²) in [7, 11) is 1.40. The maximum absolute atomic E-state index is 11.6. The third-order valence-electron chi connectivity index (χ3n) is 7.07. The molecule has 1 aliphatic heterocycles. The van der Waals surface area contributed by atoms with Crippen molar-refractivity contribution in [2.24, 2.45) is 5.92 Å². The van der Waals surface area contributed by atoms with Gasteiger partial charge >= 0.3 is 5.97 Å². The lowest BCUT2D eigenvalue weighted by Crippen LogP contribution is -2.53. The van der Waals surface area contributed by atoms with E-state index in [9.17, 15) is 9.90 Å². The Hall–Kier alpha value is -3.50. The van der Waals surface area contributed by atoms with Crippen molar-refractivity contribution in [3.05, 3.63) is 41.1 Å². The zero-order valence-corrected chi connectivity index (χ0v) is 23.7. The first-order valence-electron chi connectivity index (χ1n) is 13.6. The second kappa shape index (κ2) is 12.6. The summed E-state index contributed by atoms with van der Waals surface area (Å²) in [5.41, 5.74) is 4.50. The Morgan fingerprint density at radius 3 is 2.54 bits per heavy atom. The number of esters is 1. The number of β-amino-alcohol motifs (C(OH)–C–C–N with tert-alkyl or cyclic N) is 1. The lowest BCUT2D eigenvalue weighted by Gasteiger charge is -2.38. The molecule has 1 aliphatic rings. The number of aromatic nitrogens is 3. The monoisotopic (exact) mass is 537 g/mol. The van der Waals surface area contributed by atoms with Crippen molar-refractivity contribution in [3.8, 4) is 28.6 Å². The highest BCUT2D eigenvalue weighted by atomic mass is 16.5. The summed E-state index contributed by atoms with van der Waals surface area (Å²) in [5.74, 6) is 2.29. The SMILES string of the molecule is CCc1cc(-c2noc(-c3cc(C)nc(N(CC)CC)c3)n2)cc(C)c1OC[C@@H](O)CN1CC(C(=O)OC)C1. The molecule has 10 heteroatoms. The molecule has 3 aromatic rings. The minimum absolute atomic E-state index is 0.109. The number of ether oxygens (including phenoxy) is 2. The van der Waals surface area contributed by atoms with Crippen LogP contribution in [0.5, 0.6) is 5.75 Å². The first kappa shape index (κ1) is 28.5. The fourth-order valence-electron chi connectivity index (χ4n) is 4.95. The highest BCUT2D eigenvalue weighted by Gasteiger charge is 2.34. The van der Waals surface area contributed by atoms with Crippen LogP contribution in [0.4, 0.5) is 5.82 Å². The summed E-state index contributed by atoms with van der Waals surface area (Å²) in [6.45, 7) is 13.7. The molecule has 2 aromatic heterocycles. The molecule has 10 nitrogen and oxygen atoms in total. The molecule has 0 saturated carbocycles. The maximum Gasteiger partial charge on any atom is 0.311 e. The van der Waals surface area contributed by atoms with Gasteiger partial charge in [-0.05, 0) is 69.5 Å². The van der Waals surface area contributed by atoms with Gasteiger partial charge in [-0.2, -0.15) is 4.98 Å². The molecule has 4 rings (SSSR count). The Morgan fingerprint density at radius 1 is 1.13 bits per heavy atom. The molecule has 3 heterocycles. The molecular weight excluding hydrogens is 498 g/mol. The summed E-state index contributed by atoms with van der Waals surface area (Å²) in [6.07, 6.45) is 0.0753. The van der Waals surface area contributed by atoms with Crippen LogP contribution in [0.15, 0.2) is 28.8 Å². The van der Waals surface area contributed by atoms with E-state index in [0.717, 1.165) is 59.0 Å². The number of aliphatic hydroxyl groups is 1. The molecule has 0 amide bonds. The Morgan fingerprint density at radius 2 is 1.87 bits per heavy atom. The fourth-order valence-corrected chi connectivity index (χ4v) is 4.95. The van der Waals surface area contributed by atoms with Gasteiger partial charge < -0.3 is 24.0 Å². The minimum Gasteiger partial charge on any atom is -0.490 e. The van der Waals surface area contributed by atoms with Crippen molar-refractivity contribution in [3.63, 3.8) is 0 Å². The third kappa shape index (κ3) is 6.57. The Bertz CT molecular complexity index is 1280. The van der Waals surface area contributed by atoms with Gasteiger partial charge in [0.2, 0.25) is 5.82 Å². The molecule has 0 aliphatic carbocycles. The van der Waals surface area contributed by atoms with E-state index in [4.69, 9.17) is 19.0 Å². The molecule has 1 N–H and O–H groups in total. The standard InChI is InChI=1S/C29H39N5O5/c1-7-20-12-21(10-18(4)26(20)38-17-24(35)16-33-14-23(15-33)29(36)37-6)27-31-28(39-32-27)22-11-19(5)30-25(13-22)34(8-2)9-3/h10-13,23-24,35H,7-9,14-17H2,1-6H3/t24-/m0/s1. The maximum atomic E-state index is 11.6. The van der Waals surface area contributed by atoms with E-state index in [2.05, 4.69) is 35.8 Å². The highest BCUT2D eigenvalue weighted by Crippen LogP contribution is 2.32. The smallest absolute Gasteiger partial charge is 0.311 e. The van der Waals surface area contributed by atoms with E-state index in [1.807, 2.05) is 43.0 Å². The largest absolute Gasteiger partial charge is 0.490 e. The number of likely N-dealkylation sites (tertiary alicyclic amines) is 1. The van der Waals surface area contributed by atoms with Crippen molar-refractivity contribution < 1.29 is 23.9 Å². The molecule has 210 valence electrons. The lowest BCUT2D eigenvalue weighted by atomic mass is 10.00. The number of nitrogens with zero attached hydrogens (tertiary/aromatic N) is 5. The van der Waals surface area contributed by atoms with E-state index in [1.165, 1.54) is 7.11 Å². The quantitative estimate of drug-likeness (QED) is 0.343. The van der Waals surface area contributed by atoms with Crippen molar-refractivity contribution in [1.29, 1.82) is 0 Å². The second-order valence-electron chi connectivity index (χ2n) is 9.99. The van der Waals surface area contributed by atoms with Crippen LogP contribution in [0.3, 0.4) is 0 Å². The van der Waals surface area contributed by atoms with Gasteiger partial charge in [-0.25, -0.2) is 4.98 Å². The number of pyridine rings is 1. The van der Waals surface area contributed by atoms with Crippen LogP contribution in [0.1, 0.15) is 37.6 Å². The molecule has 0 unspecified atom stereocenters. The normalized spacial score (nSPS) is 14.6. The molecule has 1 aromatic carbocycles.